The van der Waals surface area contributed by atoms with Crippen LogP contribution in [0.4, 0.5) is 0 Å². The number of carbonyl (C=O) groups excluding carboxylic acids is 1. The molecule has 0 bridgehead atoms. The van der Waals surface area contributed by atoms with Gasteiger partial charge in [-0.2, -0.15) is 0 Å². The fourth-order valence-corrected chi connectivity index (χ4v) is 5.22. The predicted molar refractivity (Wildman–Crippen MR) is 143 cm³/mol. The summed E-state index contributed by atoms with van der Waals surface area (Å²) in [5, 5.41) is 6.92. The average molecular weight is 499 g/mol. The summed E-state index contributed by atoms with van der Waals surface area (Å²) in [6, 6.07) is 9.03. The highest BCUT2D eigenvalue weighted by atomic mass is 35.5. The molecule has 3 aliphatic rings. The summed E-state index contributed by atoms with van der Waals surface area (Å²) in [6.45, 7) is 7.20. The second-order valence-corrected chi connectivity index (χ2v) is 10.7. The van der Waals surface area contributed by atoms with Gasteiger partial charge in [-0.1, -0.05) is 19.9 Å². The smallest absolute Gasteiger partial charge is 0.255 e. The monoisotopic (exact) mass is 498 g/mol. The normalized spacial score (nSPS) is 23.9. The number of fused-ring (bicyclic) bond motifs is 1. The summed E-state index contributed by atoms with van der Waals surface area (Å²) in [4.78, 5) is 16.7. The van der Waals surface area contributed by atoms with E-state index in [9.17, 15) is 4.79 Å². The number of carbonyl (C=O) groups is 1. The number of nitrogens with one attached hydrogen (secondary N) is 3. The molecule has 2 aromatic rings. The zero-order valence-corrected chi connectivity index (χ0v) is 21.8. The van der Waals surface area contributed by atoms with Crippen molar-refractivity contribution in [1.29, 1.82) is 0 Å². The predicted octanol–water partition coefficient (Wildman–Crippen LogP) is 5.16. The number of allylic oxidation sites excluding steroid dienone is 1. The minimum atomic E-state index is -0.0709. The molecule has 0 saturated heterocycles. The molecule has 5 N–H and O–H groups in total. The van der Waals surface area contributed by atoms with Gasteiger partial charge in [-0.3, -0.25) is 4.79 Å². The van der Waals surface area contributed by atoms with Crippen molar-refractivity contribution in [2.75, 3.05) is 6.61 Å². The molecule has 2 heterocycles. The number of H-pyrrole nitrogens is 1. The molecule has 35 heavy (non-hydrogen) atoms. The van der Waals surface area contributed by atoms with Crippen LogP contribution < -0.4 is 21.1 Å². The van der Waals surface area contributed by atoms with E-state index in [-0.39, 0.29) is 36.4 Å². The van der Waals surface area contributed by atoms with Crippen molar-refractivity contribution in [2.24, 2.45) is 11.7 Å². The lowest BCUT2D eigenvalue weighted by Gasteiger charge is -2.32. The molecule has 1 amide bonds. The van der Waals surface area contributed by atoms with E-state index < -0.39 is 0 Å². The molecule has 0 radical (unpaired) electrons. The zero-order chi connectivity index (χ0) is 23.8. The second kappa shape index (κ2) is 10.7. The minimum absolute atomic E-state index is 0. The number of aromatic amines is 1. The van der Waals surface area contributed by atoms with Crippen LogP contribution in [0.3, 0.4) is 0 Å². The van der Waals surface area contributed by atoms with Crippen LogP contribution in [-0.2, 0) is 4.79 Å². The highest BCUT2D eigenvalue weighted by Gasteiger charge is 2.33. The number of nitrogens with two attached hydrogens (primary N) is 1. The average Bonchev–Trinajstić information content (AvgIpc) is 3.53. The Bertz CT molecular complexity index is 1080. The number of aromatic nitrogens is 1. The Labute approximate surface area is 214 Å². The molecule has 190 valence electrons. The largest absolute Gasteiger partial charge is 0.493 e. The summed E-state index contributed by atoms with van der Waals surface area (Å²) in [5.74, 6) is 2.02. The Morgan fingerprint density at radius 2 is 1.86 bits per heavy atom. The second-order valence-electron chi connectivity index (χ2n) is 10.7. The van der Waals surface area contributed by atoms with Gasteiger partial charge < -0.3 is 26.1 Å². The molecule has 1 atom stereocenters. The van der Waals surface area contributed by atoms with E-state index in [0.29, 0.717) is 17.4 Å². The first kappa shape index (κ1) is 25.6. The van der Waals surface area contributed by atoms with E-state index >= 15 is 0 Å². The third kappa shape index (κ3) is 5.54. The van der Waals surface area contributed by atoms with Crippen molar-refractivity contribution in [2.45, 2.75) is 83.3 Å². The van der Waals surface area contributed by atoms with E-state index in [4.69, 9.17) is 10.5 Å². The zero-order valence-electron chi connectivity index (χ0n) is 21.0. The van der Waals surface area contributed by atoms with E-state index in [1.54, 1.807) is 0 Å². The number of amides is 1. The highest BCUT2D eigenvalue weighted by molar-refractivity contribution is 6.20. The first-order valence-electron chi connectivity index (χ1n) is 12.9. The maximum absolute atomic E-state index is 13.4. The third-order valence-corrected chi connectivity index (χ3v) is 7.59. The van der Waals surface area contributed by atoms with E-state index in [2.05, 4.69) is 53.7 Å². The van der Waals surface area contributed by atoms with Gasteiger partial charge in [0.15, 0.2) is 0 Å². The number of halogens is 1. The molecule has 6 nitrogen and oxygen atoms in total. The van der Waals surface area contributed by atoms with Crippen LogP contribution in [-0.4, -0.2) is 29.6 Å². The molecule has 2 fully saturated rings. The molecule has 5 rings (SSSR count). The topological polar surface area (TPSA) is 92.2 Å². The fraction of sp³-hybridized carbons (Fsp3) is 0.536. The lowest BCUT2D eigenvalue weighted by molar-refractivity contribution is -0.116. The highest BCUT2D eigenvalue weighted by Crippen LogP contribution is 2.40. The molecular weight excluding hydrogens is 460 g/mol. The lowest BCUT2D eigenvalue weighted by Crippen LogP contribution is -2.42. The van der Waals surface area contributed by atoms with Crippen LogP contribution in [0.1, 0.15) is 93.6 Å². The van der Waals surface area contributed by atoms with Crippen LogP contribution in [0.25, 0.3) is 5.57 Å². The van der Waals surface area contributed by atoms with E-state index in [1.807, 2.05) is 13.1 Å². The number of rotatable bonds is 7. The van der Waals surface area contributed by atoms with Crippen LogP contribution in [0.5, 0.6) is 5.75 Å². The summed E-state index contributed by atoms with van der Waals surface area (Å²) in [6.07, 6.45) is 8.27. The standard InChI is InChI=1S/C28H38N4O2.ClH/c1-16(2)19-6-11-24(34-15-18-4-5-18)23(14-19)26-22-12-13-30-27(22)25(17(3)31-26)28(33)32-21-9-7-20(29)8-10-21;/h6,11-14,16,18,20-21,26,30-31H,4-5,7-10,15,29H2,1-3H3,(H,32,33);1H. The van der Waals surface area contributed by atoms with Crippen LogP contribution in [0.2, 0.25) is 0 Å². The molecule has 7 heteroatoms. The van der Waals surface area contributed by atoms with Crippen molar-refractivity contribution in [3.05, 3.63) is 58.5 Å². The minimum Gasteiger partial charge on any atom is -0.493 e. The fourth-order valence-electron chi connectivity index (χ4n) is 5.22. The molecule has 1 aromatic carbocycles. The Hall–Kier alpha value is -2.44. The van der Waals surface area contributed by atoms with Crippen molar-refractivity contribution < 1.29 is 9.53 Å². The third-order valence-electron chi connectivity index (χ3n) is 7.59. The molecular formula is C28H39ClN4O2. The maximum Gasteiger partial charge on any atom is 0.255 e. The van der Waals surface area contributed by atoms with Gasteiger partial charge in [0.05, 0.1) is 23.9 Å². The summed E-state index contributed by atoms with van der Waals surface area (Å²) < 4.78 is 6.30. The maximum atomic E-state index is 13.4. The van der Waals surface area contributed by atoms with Crippen LogP contribution in [0.15, 0.2) is 36.2 Å². The van der Waals surface area contributed by atoms with Crippen molar-refractivity contribution in [3.63, 3.8) is 0 Å². The van der Waals surface area contributed by atoms with Crippen molar-refractivity contribution in [3.8, 4) is 5.75 Å². The van der Waals surface area contributed by atoms with Gasteiger partial charge in [0.2, 0.25) is 0 Å². The van der Waals surface area contributed by atoms with Gasteiger partial charge in [-0.05, 0) is 81.0 Å². The number of hydrogen-bond acceptors (Lipinski definition) is 4. The van der Waals surface area contributed by atoms with Crippen LogP contribution in [0, 0.1) is 5.92 Å². The molecule has 2 saturated carbocycles. The lowest BCUT2D eigenvalue weighted by atomic mass is 9.88. The van der Waals surface area contributed by atoms with Gasteiger partial charge in [0.25, 0.3) is 5.91 Å². The first-order chi connectivity index (χ1) is 16.4. The molecule has 2 aliphatic carbocycles. The summed E-state index contributed by atoms with van der Waals surface area (Å²) >= 11 is 0. The quantitative estimate of drug-likeness (QED) is 0.424. The first-order valence-corrected chi connectivity index (χ1v) is 12.9. The van der Waals surface area contributed by atoms with Gasteiger partial charge in [-0.25, -0.2) is 0 Å². The molecule has 1 unspecified atom stereocenters. The van der Waals surface area contributed by atoms with Gasteiger partial charge >= 0.3 is 0 Å². The Morgan fingerprint density at radius 3 is 2.54 bits per heavy atom. The number of hydrogen-bond donors (Lipinski definition) is 4. The molecule has 0 spiro atoms. The Kier molecular flexibility index (Phi) is 7.82. The van der Waals surface area contributed by atoms with Gasteiger partial charge in [0, 0.05) is 35.1 Å². The van der Waals surface area contributed by atoms with Crippen molar-refractivity contribution >= 4 is 23.9 Å². The molecule has 1 aromatic heterocycles. The van der Waals surface area contributed by atoms with Gasteiger partial charge in [0.1, 0.15) is 5.75 Å². The van der Waals surface area contributed by atoms with E-state index in [1.165, 1.54) is 18.4 Å². The Morgan fingerprint density at radius 1 is 1.11 bits per heavy atom. The SMILES string of the molecule is CC1=C(C(=O)NC2CCC(N)CC2)c2[nH]ccc2C(c2cc(C(C)C)ccc2OCC2CC2)N1.Cl. The Balaban J connectivity index is 0.00000289. The summed E-state index contributed by atoms with van der Waals surface area (Å²) in [5.41, 5.74) is 12.0. The summed E-state index contributed by atoms with van der Waals surface area (Å²) in [7, 11) is 0. The molecule has 1 aliphatic heterocycles. The van der Waals surface area contributed by atoms with E-state index in [0.717, 1.165) is 60.6 Å². The van der Waals surface area contributed by atoms with Crippen LogP contribution >= 0.6 is 12.4 Å². The number of benzene rings is 1. The van der Waals surface area contributed by atoms with Gasteiger partial charge in [-0.15, -0.1) is 12.4 Å². The van der Waals surface area contributed by atoms with Crippen molar-refractivity contribution in [1.82, 2.24) is 15.6 Å². The number of ether oxygens (including phenoxy) is 1.